The minimum absolute atomic E-state index is 0.148. The maximum absolute atomic E-state index is 12.8. The van der Waals surface area contributed by atoms with Gasteiger partial charge >= 0.3 is 5.97 Å². The topological polar surface area (TPSA) is 63.7 Å². The summed E-state index contributed by atoms with van der Waals surface area (Å²) in [5.41, 5.74) is 0.733. The van der Waals surface area contributed by atoms with E-state index in [0.717, 1.165) is 6.42 Å². The number of rotatable bonds is 3. The SMILES string of the molecule is C=C(C)C(=O)Oc1cccc(N2C(=O)[C@@H]3[C@@H](C2=O)[C@H]2C=C[C@@H]3C2)c1. The van der Waals surface area contributed by atoms with Gasteiger partial charge in [0.2, 0.25) is 11.8 Å². The maximum atomic E-state index is 12.8. The lowest BCUT2D eigenvalue weighted by Gasteiger charge is -2.18. The number of hydrogen-bond acceptors (Lipinski definition) is 4. The minimum Gasteiger partial charge on any atom is -0.423 e. The van der Waals surface area contributed by atoms with Gasteiger partial charge in [0.15, 0.2) is 0 Å². The Hall–Kier alpha value is -2.69. The molecule has 0 N–H and O–H groups in total. The Labute approximate surface area is 139 Å². The molecule has 1 aromatic carbocycles. The fourth-order valence-corrected chi connectivity index (χ4v) is 4.04. The van der Waals surface area contributed by atoms with Crippen LogP contribution in [0.3, 0.4) is 0 Å². The van der Waals surface area contributed by atoms with E-state index < -0.39 is 5.97 Å². The summed E-state index contributed by atoms with van der Waals surface area (Å²) >= 11 is 0. The molecule has 2 amide bonds. The number of allylic oxidation sites excluding steroid dienone is 2. The molecule has 2 aliphatic carbocycles. The molecule has 1 heterocycles. The first-order valence-corrected chi connectivity index (χ1v) is 8.01. The van der Waals surface area contributed by atoms with E-state index in [1.807, 2.05) is 0 Å². The normalized spacial score (nSPS) is 30.0. The summed E-state index contributed by atoms with van der Waals surface area (Å²) in [4.78, 5) is 38.5. The number of anilines is 1. The fourth-order valence-electron chi connectivity index (χ4n) is 4.04. The van der Waals surface area contributed by atoms with Crippen LogP contribution in [0.5, 0.6) is 5.75 Å². The molecule has 1 saturated heterocycles. The van der Waals surface area contributed by atoms with Crippen LogP contribution in [0, 0.1) is 23.7 Å². The van der Waals surface area contributed by atoms with Gasteiger partial charge < -0.3 is 4.74 Å². The molecule has 1 aromatic rings. The Bertz CT molecular complexity index is 779. The van der Waals surface area contributed by atoms with E-state index in [4.69, 9.17) is 4.74 Å². The first kappa shape index (κ1) is 14.9. The van der Waals surface area contributed by atoms with Crippen molar-refractivity contribution in [3.8, 4) is 5.75 Å². The molecule has 0 unspecified atom stereocenters. The highest BCUT2D eigenvalue weighted by atomic mass is 16.5. The van der Waals surface area contributed by atoms with Gasteiger partial charge in [-0.3, -0.25) is 9.59 Å². The van der Waals surface area contributed by atoms with Crippen LogP contribution in [0.2, 0.25) is 0 Å². The second-order valence-corrected chi connectivity index (χ2v) is 6.68. The van der Waals surface area contributed by atoms with Crippen LogP contribution in [0.1, 0.15) is 13.3 Å². The minimum atomic E-state index is -0.537. The third kappa shape index (κ3) is 2.04. The zero-order chi connectivity index (χ0) is 17.0. The summed E-state index contributed by atoms with van der Waals surface area (Å²) in [6.45, 7) is 5.10. The number of imide groups is 1. The molecular weight excluding hydrogens is 306 g/mol. The summed E-state index contributed by atoms with van der Waals surface area (Å²) in [6.07, 6.45) is 5.02. The molecule has 1 aliphatic heterocycles. The van der Waals surface area contributed by atoms with Crippen LogP contribution < -0.4 is 9.64 Å². The molecule has 2 bridgehead atoms. The number of amides is 2. The molecule has 0 radical (unpaired) electrons. The fraction of sp³-hybridized carbons (Fsp3) is 0.316. The van der Waals surface area contributed by atoms with Crippen molar-refractivity contribution in [3.05, 3.63) is 48.6 Å². The average Bonchev–Trinajstić information content (AvgIpc) is 3.21. The third-order valence-electron chi connectivity index (χ3n) is 5.11. The largest absolute Gasteiger partial charge is 0.423 e. The van der Waals surface area contributed by atoms with Crippen LogP contribution in [0.25, 0.3) is 0 Å². The van der Waals surface area contributed by atoms with Gasteiger partial charge in [-0.05, 0) is 37.3 Å². The van der Waals surface area contributed by atoms with Crippen molar-refractivity contribution in [1.29, 1.82) is 0 Å². The quantitative estimate of drug-likeness (QED) is 0.282. The van der Waals surface area contributed by atoms with Crippen LogP contribution in [-0.4, -0.2) is 17.8 Å². The number of nitrogens with zero attached hydrogens (tertiary/aromatic N) is 1. The van der Waals surface area contributed by atoms with Crippen LogP contribution in [-0.2, 0) is 14.4 Å². The number of carbonyl (C=O) groups is 3. The van der Waals surface area contributed by atoms with E-state index in [-0.39, 0.29) is 41.1 Å². The van der Waals surface area contributed by atoms with Crippen molar-refractivity contribution in [3.63, 3.8) is 0 Å². The monoisotopic (exact) mass is 323 g/mol. The lowest BCUT2D eigenvalue weighted by atomic mass is 9.85. The summed E-state index contributed by atoms with van der Waals surface area (Å²) in [7, 11) is 0. The molecule has 0 aromatic heterocycles. The number of esters is 1. The van der Waals surface area contributed by atoms with E-state index in [2.05, 4.69) is 18.7 Å². The second kappa shape index (κ2) is 5.16. The van der Waals surface area contributed by atoms with Crippen molar-refractivity contribution >= 4 is 23.5 Å². The third-order valence-corrected chi connectivity index (χ3v) is 5.11. The van der Waals surface area contributed by atoms with E-state index in [9.17, 15) is 14.4 Å². The zero-order valence-corrected chi connectivity index (χ0v) is 13.3. The van der Waals surface area contributed by atoms with Gasteiger partial charge in [0.05, 0.1) is 17.5 Å². The van der Waals surface area contributed by atoms with Crippen molar-refractivity contribution < 1.29 is 19.1 Å². The predicted molar refractivity (Wildman–Crippen MR) is 87.1 cm³/mol. The Morgan fingerprint density at radius 2 is 1.79 bits per heavy atom. The molecule has 0 spiro atoms. The molecule has 4 rings (SSSR count). The van der Waals surface area contributed by atoms with Gasteiger partial charge in [-0.1, -0.05) is 24.8 Å². The van der Waals surface area contributed by atoms with Crippen molar-refractivity contribution in [2.75, 3.05) is 4.90 Å². The Morgan fingerprint density at radius 1 is 1.17 bits per heavy atom. The molecular formula is C19H17NO4. The Balaban J connectivity index is 1.63. The van der Waals surface area contributed by atoms with Gasteiger partial charge in [-0.2, -0.15) is 0 Å². The first-order valence-electron chi connectivity index (χ1n) is 8.01. The van der Waals surface area contributed by atoms with Crippen molar-refractivity contribution in [1.82, 2.24) is 0 Å². The first-order chi connectivity index (χ1) is 11.5. The Morgan fingerprint density at radius 3 is 2.38 bits per heavy atom. The molecule has 24 heavy (non-hydrogen) atoms. The van der Waals surface area contributed by atoms with Crippen LogP contribution in [0.4, 0.5) is 5.69 Å². The van der Waals surface area contributed by atoms with E-state index in [1.165, 1.54) is 4.90 Å². The van der Waals surface area contributed by atoms with E-state index in [1.54, 1.807) is 31.2 Å². The summed E-state index contributed by atoms with van der Waals surface area (Å²) < 4.78 is 5.20. The van der Waals surface area contributed by atoms with E-state index in [0.29, 0.717) is 11.4 Å². The summed E-state index contributed by atoms with van der Waals surface area (Å²) in [5.74, 6) is -0.681. The van der Waals surface area contributed by atoms with Crippen molar-refractivity contribution in [2.45, 2.75) is 13.3 Å². The van der Waals surface area contributed by atoms with Gasteiger partial charge in [0.1, 0.15) is 5.75 Å². The molecule has 5 heteroatoms. The average molecular weight is 323 g/mol. The van der Waals surface area contributed by atoms with Gasteiger partial charge in [-0.25, -0.2) is 9.69 Å². The number of hydrogen-bond donors (Lipinski definition) is 0. The highest BCUT2D eigenvalue weighted by Gasteiger charge is 2.59. The maximum Gasteiger partial charge on any atom is 0.338 e. The molecule has 122 valence electrons. The standard InChI is InChI=1S/C19H17NO4/c1-10(2)19(23)24-14-5-3-4-13(9-14)20-17(21)15-11-6-7-12(8-11)16(15)18(20)22/h3-7,9,11-12,15-16H,1,8H2,2H3/t11-,12+,15-,16-/m0/s1. The molecule has 3 aliphatic rings. The Kier molecular flexibility index (Phi) is 3.20. The number of fused-ring (bicyclic) bond motifs is 5. The molecule has 2 fully saturated rings. The lowest BCUT2D eigenvalue weighted by Crippen LogP contribution is -2.32. The van der Waals surface area contributed by atoms with Gasteiger partial charge in [0, 0.05) is 11.6 Å². The van der Waals surface area contributed by atoms with E-state index >= 15 is 0 Å². The molecule has 1 saturated carbocycles. The number of benzene rings is 1. The van der Waals surface area contributed by atoms with Crippen LogP contribution in [0.15, 0.2) is 48.6 Å². The highest BCUT2D eigenvalue weighted by molar-refractivity contribution is 6.22. The number of ether oxygens (including phenoxy) is 1. The summed E-state index contributed by atoms with van der Waals surface area (Å²) in [5, 5.41) is 0. The van der Waals surface area contributed by atoms with Gasteiger partial charge in [-0.15, -0.1) is 0 Å². The molecule has 4 atom stereocenters. The lowest BCUT2D eigenvalue weighted by molar-refractivity contribution is -0.130. The summed E-state index contributed by atoms with van der Waals surface area (Å²) in [6, 6.07) is 6.51. The second-order valence-electron chi connectivity index (χ2n) is 6.68. The number of carbonyl (C=O) groups excluding carboxylic acids is 3. The van der Waals surface area contributed by atoms with Gasteiger partial charge in [0.25, 0.3) is 0 Å². The predicted octanol–water partition coefficient (Wildman–Crippen LogP) is 2.48. The van der Waals surface area contributed by atoms with Crippen molar-refractivity contribution in [2.24, 2.45) is 23.7 Å². The smallest absolute Gasteiger partial charge is 0.338 e. The zero-order valence-electron chi connectivity index (χ0n) is 13.3. The highest BCUT2D eigenvalue weighted by Crippen LogP contribution is 2.53. The molecule has 5 nitrogen and oxygen atoms in total. The van der Waals surface area contributed by atoms with Crippen LogP contribution >= 0.6 is 0 Å².